The van der Waals surface area contributed by atoms with Crippen LogP contribution in [-0.2, 0) is 6.42 Å². The summed E-state index contributed by atoms with van der Waals surface area (Å²) >= 11 is 12.2. The number of hydrogen-bond donors (Lipinski definition) is 1. The molecule has 1 aromatic carbocycles. The van der Waals surface area contributed by atoms with Crippen LogP contribution in [0.4, 0.5) is 0 Å². The number of nitrogens with zero attached hydrogens (tertiary/aromatic N) is 1. The largest absolute Gasteiger partial charge is 0.313 e. The van der Waals surface area contributed by atoms with E-state index in [2.05, 4.69) is 16.4 Å². The van der Waals surface area contributed by atoms with E-state index in [9.17, 15) is 0 Å². The van der Waals surface area contributed by atoms with E-state index >= 15 is 0 Å². The van der Waals surface area contributed by atoms with E-state index < -0.39 is 0 Å². The molecular weight excluding hydrogens is 279 g/mol. The zero-order chi connectivity index (χ0) is 13.8. The van der Waals surface area contributed by atoms with Crippen molar-refractivity contribution in [2.24, 2.45) is 0 Å². The standard InChI is InChI=1S/C15H16Cl2N2/c1-10-3-5-12(19-9-10)8-15(18-2)13-6-4-11(16)7-14(13)17/h3-7,9,15,18H,8H2,1-2H3. The lowest BCUT2D eigenvalue weighted by molar-refractivity contribution is 0.584. The maximum absolute atomic E-state index is 6.25. The SMILES string of the molecule is CNC(Cc1ccc(C)cn1)c1ccc(Cl)cc1Cl. The summed E-state index contributed by atoms with van der Waals surface area (Å²) < 4.78 is 0. The Morgan fingerprint density at radius 3 is 2.58 bits per heavy atom. The molecule has 4 heteroatoms. The van der Waals surface area contributed by atoms with Crippen molar-refractivity contribution in [2.75, 3.05) is 7.05 Å². The average Bonchev–Trinajstić information content (AvgIpc) is 2.39. The Hall–Kier alpha value is -1.09. The van der Waals surface area contributed by atoms with Crippen molar-refractivity contribution in [2.45, 2.75) is 19.4 Å². The van der Waals surface area contributed by atoms with Gasteiger partial charge in [-0.3, -0.25) is 4.98 Å². The van der Waals surface area contributed by atoms with Gasteiger partial charge in [-0.1, -0.05) is 35.3 Å². The normalized spacial score (nSPS) is 12.4. The number of benzene rings is 1. The molecule has 0 fully saturated rings. The molecule has 0 spiro atoms. The van der Waals surface area contributed by atoms with Gasteiger partial charge in [0.05, 0.1) is 0 Å². The zero-order valence-electron chi connectivity index (χ0n) is 11.0. The summed E-state index contributed by atoms with van der Waals surface area (Å²) in [4.78, 5) is 4.43. The average molecular weight is 295 g/mol. The lowest BCUT2D eigenvalue weighted by Crippen LogP contribution is -2.19. The maximum Gasteiger partial charge on any atom is 0.0468 e. The van der Waals surface area contributed by atoms with Crippen molar-refractivity contribution in [1.29, 1.82) is 0 Å². The second kappa shape index (κ2) is 6.38. The highest BCUT2D eigenvalue weighted by atomic mass is 35.5. The van der Waals surface area contributed by atoms with Gasteiger partial charge in [0, 0.05) is 34.4 Å². The summed E-state index contributed by atoms with van der Waals surface area (Å²) in [6.07, 6.45) is 2.67. The molecule has 0 aliphatic heterocycles. The molecule has 0 aliphatic carbocycles. The first kappa shape index (κ1) is 14.3. The number of rotatable bonds is 4. The number of pyridine rings is 1. The quantitative estimate of drug-likeness (QED) is 0.914. The molecule has 0 aliphatic rings. The fourth-order valence-electron chi connectivity index (χ4n) is 1.98. The van der Waals surface area contributed by atoms with Crippen molar-refractivity contribution in [3.63, 3.8) is 0 Å². The van der Waals surface area contributed by atoms with Crippen LogP contribution in [0.2, 0.25) is 10.0 Å². The van der Waals surface area contributed by atoms with Gasteiger partial charge >= 0.3 is 0 Å². The van der Waals surface area contributed by atoms with E-state index in [-0.39, 0.29) is 6.04 Å². The van der Waals surface area contributed by atoms with Gasteiger partial charge in [-0.2, -0.15) is 0 Å². The minimum absolute atomic E-state index is 0.125. The molecule has 1 N–H and O–H groups in total. The second-order valence-corrected chi connectivity index (χ2v) is 5.38. The number of likely N-dealkylation sites (N-methyl/N-ethyl adjacent to an activating group) is 1. The first-order chi connectivity index (χ1) is 9.10. The van der Waals surface area contributed by atoms with Crippen LogP contribution < -0.4 is 5.32 Å². The second-order valence-electron chi connectivity index (χ2n) is 4.54. The van der Waals surface area contributed by atoms with E-state index in [1.807, 2.05) is 38.4 Å². The van der Waals surface area contributed by atoms with Gasteiger partial charge in [0.2, 0.25) is 0 Å². The van der Waals surface area contributed by atoms with Crippen LogP contribution >= 0.6 is 23.2 Å². The van der Waals surface area contributed by atoms with Crippen molar-refractivity contribution in [3.05, 3.63) is 63.4 Å². The van der Waals surface area contributed by atoms with Gasteiger partial charge in [-0.15, -0.1) is 0 Å². The highest BCUT2D eigenvalue weighted by Gasteiger charge is 2.14. The minimum atomic E-state index is 0.125. The molecular formula is C15H16Cl2N2. The molecule has 100 valence electrons. The van der Waals surface area contributed by atoms with Crippen LogP contribution in [-0.4, -0.2) is 12.0 Å². The van der Waals surface area contributed by atoms with E-state index in [1.54, 1.807) is 6.07 Å². The van der Waals surface area contributed by atoms with Crippen LogP contribution in [0, 0.1) is 6.92 Å². The minimum Gasteiger partial charge on any atom is -0.313 e. The van der Waals surface area contributed by atoms with Crippen LogP contribution in [0.15, 0.2) is 36.5 Å². The molecule has 0 amide bonds. The Labute approximate surface area is 123 Å². The maximum atomic E-state index is 6.25. The molecule has 0 saturated carbocycles. The van der Waals surface area contributed by atoms with Crippen molar-refractivity contribution >= 4 is 23.2 Å². The van der Waals surface area contributed by atoms with Crippen molar-refractivity contribution < 1.29 is 0 Å². The number of aromatic nitrogens is 1. The third-order valence-corrected chi connectivity index (χ3v) is 3.63. The lowest BCUT2D eigenvalue weighted by atomic mass is 10.0. The summed E-state index contributed by atoms with van der Waals surface area (Å²) in [6.45, 7) is 2.03. The van der Waals surface area contributed by atoms with E-state index in [4.69, 9.17) is 23.2 Å². The van der Waals surface area contributed by atoms with E-state index in [0.29, 0.717) is 10.0 Å². The summed E-state index contributed by atoms with van der Waals surface area (Å²) in [6, 6.07) is 9.82. The smallest absolute Gasteiger partial charge is 0.0468 e. The number of aryl methyl sites for hydroxylation is 1. The Bertz CT molecular complexity index is 553. The molecule has 1 aromatic heterocycles. The summed E-state index contributed by atoms with van der Waals surface area (Å²) in [7, 11) is 1.92. The molecule has 1 atom stereocenters. The van der Waals surface area contributed by atoms with Gasteiger partial charge in [-0.25, -0.2) is 0 Å². The number of halogens is 2. The van der Waals surface area contributed by atoms with Crippen molar-refractivity contribution in [3.8, 4) is 0 Å². The van der Waals surface area contributed by atoms with Crippen LogP contribution in [0.1, 0.15) is 22.9 Å². The van der Waals surface area contributed by atoms with Gasteiger partial charge in [0.15, 0.2) is 0 Å². The molecule has 2 aromatic rings. The summed E-state index contributed by atoms with van der Waals surface area (Å²) in [5.41, 5.74) is 3.24. The predicted molar refractivity (Wildman–Crippen MR) is 80.9 cm³/mol. The van der Waals surface area contributed by atoms with Crippen molar-refractivity contribution in [1.82, 2.24) is 10.3 Å². The zero-order valence-corrected chi connectivity index (χ0v) is 12.5. The van der Waals surface area contributed by atoms with Gasteiger partial charge < -0.3 is 5.32 Å². The Balaban J connectivity index is 2.22. The molecule has 1 unspecified atom stereocenters. The fraction of sp³-hybridized carbons (Fsp3) is 0.267. The predicted octanol–water partition coefficient (Wildman–Crippen LogP) is 4.20. The Morgan fingerprint density at radius 2 is 2.00 bits per heavy atom. The van der Waals surface area contributed by atoms with E-state index in [0.717, 1.165) is 23.2 Å². The molecule has 0 saturated heterocycles. The molecule has 0 radical (unpaired) electrons. The highest BCUT2D eigenvalue weighted by molar-refractivity contribution is 6.35. The Kier molecular flexibility index (Phi) is 4.81. The monoisotopic (exact) mass is 294 g/mol. The third-order valence-electron chi connectivity index (χ3n) is 3.07. The summed E-state index contributed by atoms with van der Waals surface area (Å²) in [5, 5.41) is 4.60. The first-order valence-corrected chi connectivity index (χ1v) is 6.89. The molecule has 1 heterocycles. The lowest BCUT2D eigenvalue weighted by Gasteiger charge is -2.18. The van der Waals surface area contributed by atoms with Crippen LogP contribution in [0.3, 0.4) is 0 Å². The van der Waals surface area contributed by atoms with Gasteiger partial charge in [0.1, 0.15) is 0 Å². The number of nitrogens with one attached hydrogen (secondary N) is 1. The van der Waals surface area contributed by atoms with E-state index in [1.165, 1.54) is 0 Å². The topological polar surface area (TPSA) is 24.9 Å². The third kappa shape index (κ3) is 3.69. The summed E-state index contributed by atoms with van der Waals surface area (Å²) in [5.74, 6) is 0. The fourth-order valence-corrected chi connectivity index (χ4v) is 2.52. The Morgan fingerprint density at radius 1 is 1.21 bits per heavy atom. The van der Waals surface area contributed by atoms with Gasteiger partial charge in [0.25, 0.3) is 0 Å². The van der Waals surface area contributed by atoms with Crippen LogP contribution in [0.25, 0.3) is 0 Å². The molecule has 0 bridgehead atoms. The first-order valence-electron chi connectivity index (χ1n) is 6.14. The molecule has 19 heavy (non-hydrogen) atoms. The molecule has 2 nitrogen and oxygen atoms in total. The van der Waals surface area contributed by atoms with Gasteiger partial charge in [-0.05, 0) is 43.3 Å². The van der Waals surface area contributed by atoms with Crippen LogP contribution in [0.5, 0.6) is 0 Å². The molecule has 2 rings (SSSR count). The highest BCUT2D eigenvalue weighted by Crippen LogP contribution is 2.27. The number of hydrogen-bond acceptors (Lipinski definition) is 2.